The molecule has 36 heavy (non-hydrogen) atoms. The van der Waals surface area contributed by atoms with Crippen molar-refractivity contribution in [2.45, 2.75) is 55.6 Å². The van der Waals surface area contributed by atoms with Crippen LogP contribution < -0.4 is 9.88 Å². The van der Waals surface area contributed by atoms with Gasteiger partial charge in [-0.1, -0.05) is 30.7 Å². The van der Waals surface area contributed by atoms with Crippen LogP contribution in [0.5, 0.6) is 5.75 Å². The van der Waals surface area contributed by atoms with Crippen LogP contribution in [0.4, 0.5) is 27.6 Å². The summed E-state index contributed by atoms with van der Waals surface area (Å²) in [7, 11) is 2.28. The van der Waals surface area contributed by atoms with E-state index in [1.54, 1.807) is 18.3 Å². The van der Waals surface area contributed by atoms with Gasteiger partial charge in [0.25, 0.3) is 0 Å². The number of methoxy groups -OCH3 is 1. The Kier molecular flexibility index (Phi) is 16.6. The Labute approximate surface area is 236 Å². The second-order valence-electron chi connectivity index (χ2n) is 7.82. The number of nitrogens with zero attached hydrogens (tertiary/aromatic N) is 1. The minimum Gasteiger partial charge on any atom is -0.699 e. The molecule has 1 aromatic carbocycles. The fourth-order valence-corrected chi connectivity index (χ4v) is 4.22. The number of allylic oxidation sites excluding steroid dienone is 1. The fraction of sp³-hybridized carbons (Fsp3) is 0.458. The molecule has 5 nitrogen and oxygen atoms in total. The molecule has 0 saturated heterocycles. The third-order valence-electron chi connectivity index (χ3n) is 5.56. The number of nitrogens with one attached hydrogen (secondary N) is 1. The van der Waals surface area contributed by atoms with Gasteiger partial charge in [0.05, 0.1) is 7.11 Å². The molecule has 12 heteroatoms. The van der Waals surface area contributed by atoms with Crippen molar-refractivity contribution >= 4 is 17.6 Å². The minimum absolute atomic E-state index is 0. The van der Waals surface area contributed by atoms with Crippen LogP contribution in [0.15, 0.2) is 47.6 Å². The summed E-state index contributed by atoms with van der Waals surface area (Å²) in [6.45, 7) is 3.82. The summed E-state index contributed by atoms with van der Waals surface area (Å²) in [5.41, 5.74) is 8.73. The number of hydrogen-bond acceptors (Lipinski definition) is 5. The van der Waals surface area contributed by atoms with Crippen LogP contribution in [0.2, 0.25) is 0 Å². The largest absolute Gasteiger partial charge is 0.699 e. The number of aliphatic hydroxyl groups is 1. The van der Waals surface area contributed by atoms with Crippen LogP contribution >= 0.6 is 11.9 Å². The first-order valence-corrected chi connectivity index (χ1v) is 11.7. The van der Waals surface area contributed by atoms with E-state index in [1.807, 2.05) is 0 Å². The van der Waals surface area contributed by atoms with Crippen molar-refractivity contribution in [1.82, 2.24) is 4.98 Å². The summed E-state index contributed by atoms with van der Waals surface area (Å²) in [6.07, 6.45) is -0.653. The zero-order valence-electron chi connectivity index (χ0n) is 20.2. The van der Waals surface area contributed by atoms with E-state index in [-0.39, 0.29) is 55.1 Å². The van der Waals surface area contributed by atoms with Gasteiger partial charge in [0.15, 0.2) is 11.6 Å². The van der Waals surface area contributed by atoms with Gasteiger partial charge >= 0.3 is 6.18 Å². The van der Waals surface area contributed by atoms with Crippen molar-refractivity contribution in [3.05, 3.63) is 65.5 Å². The molecule has 1 aromatic heterocycles. The maximum absolute atomic E-state index is 13.9. The summed E-state index contributed by atoms with van der Waals surface area (Å²) in [6, 6.07) is 5.79. The van der Waals surface area contributed by atoms with Crippen LogP contribution in [0.3, 0.4) is 0 Å². The summed E-state index contributed by atoms with van der Waals surface area (Å²) >= 11 is 1.05. The molecule has 2 aromatic rings. The Morgan fingerprint density at radius 1 is 1.25 bits per heavy atom. The molecule has 3 rings (SSSR count). The minimum atomic E-state index is -4.19. The van der Waals surface area contributed by atoms with Crippen LogP contribution in [0.25, 0.3) is 5.73 Å². The average Bonchev–Trinajstić information content (AvgIpc) is 2.85. The smallest absolute Gasteiger partial charge is 0.389 e. The monoisotopic (exact) mass is 758 g/mol. The Bertz CT molecular complexity index is 950. The Hall–Kier alpha value is -1.32. The summed E-state index contributed by atoms with van der Waals surface area (Å²) < 4.78 is 69.4. The Morgan fingerprint density at radius 3 is 2.44 bits per heavy atom. The second-order valence-corrected chi connectivity index (χ2v) is 8.47. The zero-order valence-corrected chi connectivity index (χ0v) is 25.1. The molecular formula is C24H31F5N3O2SU-. The van der Waals surface area contributed by atoms with Gasteiger partial charge in [-0.25, -0.2) is 9.37 Å². The first-order valence-electron chi connectivity index (χ1n) is 10.8. The SMILES string of the molecule is C=C(CCC(F)(F)F)C1CCCC(c2ccc(F)c(F)c2OC)C1.CO.[NH-]c1ccnc(SN)c1.[U]. The first kappa shape index (κ1) is 34.7. The molecule has 2 unspecified atom stereocenters. The molecular weight excluding hydrogens is 727 g/mol. The fourth-order valence-electron chi connectivity index (χ4n) is 3.90. The number of aromatic nitrogens is 1. The molecule has 1 saturated carbocycles. The van der Waals surface area contributed by atoms with Gasteiger partial charge in [0.2, 0.25) is 5.82 Å². The average molecular weight is 759 g/mol. The standard InChI is InChI=1S/C18H21F5O.C5H6N3S.CH4O.U/c1-11(8-9-18(21,22)23)12-4-3-5-13(10-12)14-6-7-15(19)16(20)17(14)24-2;6-4-1-2-8-5(3-4)9-7;1-2;/h6-7,12-13H,1,3-5,8-10H2,2H3;1-3H,7H2,(H-,6,8);2H,1H3;/q;-1;;. The maximum atomic E-state index is 13.9. The van der Waals surface area contributed by atoms with Crippen molar-refractivity contribution in [2.75, 3.05) is 14.2 Å². The van der Waals surface area contributed by atoms with Crippen LogP contribution in [-0.4, -0.2) is 30.5 Å². The number of pyridine rings is 1. The Balaban J connectivity index is 0.000000856. The molecule has 0 spiro atoms. The van der Waals surface area contributed by atoms with E-state index in [0.717, 1.165) is 44.4 Å². The van der Waals surface area contributed by atoms with E-state index in [9.17, 15) is 22.0 Å². The molecule has 0 amide bonds. The van der Waals surface area contributed by atoms with Gasteiger partial charge in [-0.2, -0.15) is 17.6 Å². The van der Waals surface area contributed by atoms with Crippen LogP contribution in [0, 0.1) is 48.7 Å². The quantitative estimate of drug-likeness (QED) is 0.181. The molecule has 4 N–H and O–H groups in total. The predicted molar refractivity (Wildman–Crippen MR) is 128 cm³/mol. The number of nitrogens with two attached hydrogens (primary N) is 1. The normalized spacial score (nSPS) is 16.9. The van der Waals surface area contributed by atoms with E-state index in [1.165, 1.54) is 13.2 Å². The van der Waals surface area contributed by atoms with E-state index >= 15 is 0 Å². The van der Waals surface area contributed by atoms with Crippen molar-refractivity contribution in [3.63, 3.8) is 0 Å². The molecule has 200 valence electrons. The van der Waals surface area contributed by atoms with E-state index in [4.69, 9.17) is 20.7 Å². The van der Waals surface area contributed by atoms with Gasteiger partial charge in [0, 0.05) is 56.4 Å². The van der Waals surface area contributed by atoms with Crippen molar-refractivity contribution < 1.29 is 62.9 Å². The van der Waals surface area contributed by atoms with Gasteiger partial charge in [0.1, 0.15) is 5.03 Å². The number of alkyl halides is 3. The predicted octanol–water partition coefficient (Wildman–Crippen LogP) is 7.49. The van der Waals surface area contributed by atoms with Crippen molar-refractivity contribution in [2.24, 2.45) is 11.1 Å². The molecule has 2 atom stereocenters. The van der Waals surface area contributed by atoms with E-state index < -0.39 is 24.2 Å². The number of rotatable bonds is 6. The molecule has 1 fully saturated rings. The zero-order chi connectivity index (χ0) is 26.6. The summed E-state index contributed by atoms with van der Waals surface area (Å²) in [5, 5.41) is 12.9. The van der Waals surface area contributed by atoms with E-state index in [0.29, 0.717) is 28.3 Å². The number of hydrogen-bond donors (Lipinski definition) is 2. The second kappa shape index (κ2) is 17.2. The number of benzene rings is 1. The third-order valence-corrected chi connectivity index (χ3v) is 6.03. The summed E-state index contributed by atoms with van der Waals surface area (Å²) in [4.78, 5) is 3.88. The maximum Gasteiger partial charge on any atom is 0.389 e. The van der Waals surface area contributed by atoms with Crippen molar-refractivity contribution in [1.29, 1.82) is 0 Å². The number of ether oxygens (including phenoxy) is 1. The molecule has 0 bridgehead atoms. The first-order chi connectivity index (χ1) is 16.6. The molecule has 0 aliphatic heterocycles. The van der Waals surface area contributed by atoms with E-state index in [2.05, 4.69) is 11.6 Å². The van der Waals surface area contributed by atoms with Gasteiger partial charge < -0.3 is 15.6 Å². The Morgan fingerprint density at radius 2 is 1.92 bits per heavy atom. The third kappa shape index (κ3) is 11.4. The summed E-state index contributed by atoms with van der Waals surface area (Å²) in [5.74, 6) is -2.22. The van der Waals surface area contributed by atoms with Crippen molar-refractivity contribution in [3.8, 4) is 5.75 Å². The number of aliphatic hydroxyl groups excluding tert-OH is 1. The molecule has 1 aliphatic carbocycles. The molecule has 0 radical (unpaired) electrons. The van der Waals surface area contributed by atoms with Gasteiger partial charge in [-0.3, -0.25) is 5.14 Å². The van der Waals surface area contributed by atoms with Gasteiger partial charge in [-0.15, -0.1) is 5.69 Å². The van der Waals surface area contributed by atoms with Gasteiger partial charge in [-0.05, 0) is 61.6 Å². The molecule has 1 aliphatic rings. The topological polar surface area (TPSA) is 92.2 Å². The van der Waals surface area contributed by atoms with Crippen LogP contribution in [0.1, 0.15) is 50.0 Å². The van der Waals surface area contributed by atoms with Crippen LogP contribution in [-0.2, 0) is 0 Å². The molecule has 1 heterocycles. The number of halogens is 5.